The molecule has 10 heteroatoms. The van der Waals surface area contributed by atoms with Gasteiger partial charge < -0.3 is 25.0 Å². The summed E-state index contributed by atoms with van der Waals surface area (Å²) >= 11 is 0. The Labute approximate surface area is 245 Å². The van der Waals surface area contributed by atoms with Gasteiger partial charge in [-0.1, -0.05) is 34.6 Å². The monoisotopic (exact) mass is 554 g/mol. The van der Waals surface area contributed by atoms with Crippen molar-refractivity contribution in [2.75, 3.05) is 0 Å². The molecule has 8 nitrogen and oxygen atoms in total. The summed E-state index contributed by atoms with van der Waals surface area (Å²) in [7, 11) is -4.77. The van der Waals surface area contributed by atoms with Crippen LogP contribution in [-0.2, 0) is 14.6 Å². The SMILES string of the molecule is CC(C)[C@H](CC[C@@H](C)[C@H]1C[C@H](O)C2C3C[C@@H](O)[C@@]4(O)C[C@@H](O)CC[C@]4(C)C3CC[C@@]21C)OS(=O)(=O)[O-].[Na+]. The second-order valence-electron chi connectivity index (χ2n) is 13.6. The van der Waals surface area contributed by atoms with E-state index in [0.717, 1.165) is 12.8 Å². The Hall–Kier alpha value is 0.710. The van der Waals surface area contributed by atoms with Crippen LogP contribution in [0.4, 0.5) is 0 Å². The summed E-state index contributed by atoms with van der Waals surface area (Å²) in [5.41, 5.74) is -1.92. The molecule has 0 aromatic carbocycles. The Balaban J connectivity index is 0.00000380. The molecule has 12 atom stereocenters. The van der Waals surface area contributed by atoms with Gasteiger partial charge >= 0.3 is 29.6 Å². The van der Waals surface area contributed by atoms with Gasteiger partial charge in [-0.3, -0.25) is 4.18 Å². The zero-order valence-corrected chi connectivity index (χ0v) is 26.3. The standard InChI is InChI=1S/C27H48O8S.Na/c1-15(2)22(35-36(32,33)34)7-6-16(3)20-13-21(29)24-18-12-23(30)27(31)14-17(28)8-11-26(27,5)19(18)9-10-25(20,24)4;/h15-24,28-31H,6-14H2,1-5H3,(H,32,33,34);/q;+1/p-1/t16-,17+,18?,19?,20-,21+,22+,23-,24?,25-,26-,27+;/m1./s1. The van der Waals surface area contributed by atoms with Crippen LogP contribution in [0.15, 0.2) is 0 Å². The topological polar surface area (TPSA) is 147 Å². The molecule has 0 aromatic rings. The maximum atomic E-state index is 11.6. The first-order valence-electron chi connectivity index (χ1n) is 13.9. The molecule has 0 aliphatic heterocycles. The molecular weight excluding hydrogens is 507 g/mol. The van der Waals surface area contributed by atoms with E-state index in [0.29, 0.717) is 38.5 Å². The van der Waals surface area contributed by atoms with E-state index in [1.807, 2.05) is 13.8 Å². The molecule has 0 saturated heterocycles. The third-order valence-corrected chi connectivity index (χ3v) is 11.9. The number of fused-ring (bicyclic) bond motifs is 5. The van der Waals surface area contributed by atoms with Crippen molar-refractivity contribution in [2.45, 2.75) is 122 Å². The number of rotatable bonds is 7. The van der Waals surface area contributed by atoms with E-state index in [9.17, 15) is 33.4 Å². The summed E-state index contributed by atoms with van der Waals surface area (Å²) in [5.74, 6) is 0.632. The molecule has 0 radical (unpaired) electrons. The van der Waals surface area contributed by atoms with Crippen LogP contribution in [0.25, 0.3) is 0 Å². The molecular formula is C27H47NaO8S. The quantitative estimate of drug-likeness (QED) is 0.195. The summed E-state index contributed by atoms with van der Waals surface area (Å²) in [6.07, 6.45) is 2.92. The zero-order chi connectivity index (χ0) is 26.8. The normalized spacial score (nSPS) is 47.4. The Kier molecular flexibility index (Phi) is 9.74. The number of aliphatic hydroxyl groups is 4. The molecule has 0 spiro atoms. The smallest absolute Gasteiger partial charge is 0.726 e. The van der Waals surface area contributed by atoms with Crippen LogP contribution < -0.4 is 29.6 Å². The molecule has 4 rings (SSSR count). The maximum absolute atomic E-state index is 11.6. The molecule has 4 aliphatic carbocycles. The third kappa shape index (κ3) is 5.62. The van der Waals surface area contributed by atoms with Crippen molar-refractivity contribution in [3.63, 3.8) is 0 Å². The Bertz CT molecular complexity index is 916. The van der Waals surface area contributed by atoms with E-state index in [-0.39, 0.29) is 76.9 Å². The van der Waals surface area contributed by atoms with Gasteiger partial charge in [0.05, 0.1) is 30.0 Å². The van der Waals surface area contributed by atoms with E-state index in [2.05, 4.69) is 20.8 Å². The van der Waals surface area contributed by atoms with E-state index in [1.54, 1.807) is 0 Å². The molecule has 0 heterocycles. The van der Waals surface area contributed by atoms with Crippen molar-refractivity contribution in [3.05, 3.63) is 0 Å². The molecule has 210 valence electrons. The molecule has 4 N–H and O–H groups in total. The van der Waals surface area contributed by atoms with Crippen LogP contribution in [0.3, 0.4) is 0 Å². The number of aliphatic hydroxyl groups excluding tert-OH is 3. The fourth-order valence-electron chi connectivity index (χ4n) is 9.53. The average molecular weight is 555 g/mol. The van der Waals surface area contributed by atoms with Crippen molar-refractivity contribution >= 4 is 10.4 Å². The summed E-state index contributed by atoms with van der Waals surface area (Å²) in [6, 6.07) is 0. The first-order valence-corrected chi connectivity index (χ1v) is 15.3. The van der Waals surface area contributed by atoms with Gasteiger partial charge in [-0.15, -0.1) is 0 Å². The van der Waals surface area contributed by atoms with Gasteiger partial charge in [0.25, 0.3) is 0 Å². The first-order chi connectivity index (χ1) is 16.5. The maximum Gasteiger partial charge on any atom is 1.00 e. The largest absolute Gasteiger partial charge is 1.00 e. The molecule has 4 fully saturated rings. The predicted molar refractivity (Wildman–Crippen MR) is 133 cm³/mol. The van der Waals surface area contributed by atoms with Crippen molar-refractivity contribution in [2.24, 2.45) is 46.3 Å². The Morgan fingerprint density at radius 3 is 2.27 bits per heavy atom. The minimum atomic E-state index is -4.77. The van der Waals surface area contributed by atoms with Crippen molar-refractivity contribution < 1.29 is 67.1 Å². The summed E-state index contributed by atoms with van der Waals surface area (Å²) in [5, 5.41) is 44.5. The Morgan fingerprint density at radius 2 is 1.68 bits per heavy atom. The fraction of sp³-hybridized carbons (Fsp3) is 1.00. The minimum Gasteiger partial charge on any atom is -0.726 e. The Morgan fingerprint density at radius 1 is 1.03 bits per heavy atom. The van der Waals surface area contributed by atoms with Crippen LogP contribution in [0.2, 0.25) is 0 Å². The van der Waals surface area contributed by atoms with Gasteiger partial charge in [-0.05, 0) is 92.3 Å². The zero-order valence-electron chi connectivity index (χ0n) is 23.5. The minimum absolute atomic E-state index is 0. The van der Waals surface area contributed by atoms with Crippen LogP contribution >= 0.6 is 0 Å². The van der Waals surface area contributed by atoms with Crippen LogP contribution in [-0.4, -0.2) is 63.4 Å². The molecule has 37 heavy (non-hydrogen) atoms. The van der Waals surface area contributed by atoms with E-state index in [1.165, 1.54) is 0 Å². The van der Waals surface area contributed by atoms with Crippen LogP contribution in [0.5, 0.6) is 0 Å². The van der Waals surface area contributed by atoms with Gasteiger partial charge in [0.15, 0.2) is 0 Å². The van der Waals surface area contributed by atoms with Gasteiger partial charge in [0.1, 0.15) is 0 Å². The van der Waals surface area contributed by atoms with Crippen LogP contribution in [0, 0.1) is 46.3 Å². The van der Waals surface area contributed by atoms with Crippen LogP contribution in [0.1, 0.15) is 92.4 Å². The molecule has 0 aromatic heterocycles. The van der Waals surface area contributed by atoms with E-state index < -0.39 is 45.8 Å². The number of hydrogen-bond donors (Lipinski definition) is 4. The van der Waals surface area contributed by atoms with Crippen molar-refractivity contribution in [3.8, 4) is 0 Å². The molecule has 4 aliphatic rings. The average Bonchev–Trinajstić information content (AvgIpc) is 3.03. The third-order valence-electron chi connectivity index (χ3n) is 11.5. The van der Waals surface area contributed by atoms with Gasteiger partial charge in [-0.25, -0.2) is 8.42 Å². The second kappa shape index (κ2) is 11.2. The first kappa shape index (κ1) is 32.2. The van der Waals surface area contributed by atoms with Crippen molar-refractivity contribution in [1.82, 2.24) is 0 Å². The molecule has 3 unspecified atom stereocenters. The second-order valence-corrected chi connectivity index (χ2v) is 14.6. The fourth-order valence-corrected chi connectivity index (χ4v) is 10.2. The molecule has 0 amide bonds. The van der Waals surface area contributed by atoms with Crippen molar-refractivity contribution in [1.29, 1.82) is 0 Å². The molecule has 4 saturated carbocycles. The van der Waals surface area contributed by atoms with Gasteiger partial charge in [0, 0.05) is 11.8 Å². The van der Waals surface area contributed by atoms with Gasteiger partial charge in [-0.2, -0.15) is 0 Å². The van der Waals surface area contributed by atoms with E-state index >= 15 is 0 Å². The summed E-state index contributed by atoms with van der Waals surface area (Å²) in [6.45, 7) is 10.2. The van der Waals surface area contributed by atoms with Gasteiger partial charge in [0.2, 0.25) is 10.4 Å². The number of hydrogen-bond acceptors (Lipinski definition) is 8. The summed E-state index contributed by atoms with van der Waals surface area (Å²) in [4.78, 5) is 0. The van der Waals surface area contributed by atoms with E-state index in [4.69, 9.17) is 4.18 Å². The predicted octanol–water partition coefficient (Wildman–Crippen LogP) is -0.0156. The molecule has 0 bridgehead atoms. The summed E-state index contributed by atoms with van der Waals surface area (Å²) < 4.78 is 38.4.